The Hall–Kier alpha value is -2.40. The SMILES string of the molecule is COc1ccc(CC(C)Nc2ccc(N(C)CCO)cc2)cc1OC. The molecule has 5 heteroatoms. The summed E-state index contributed by atoms with van der Waals surface area (Å²) in [6.45, 7) is 2.93. The van der Waals surface area contributed by atoms with Crippen LogP contribution >= 0.6 is 0 Å². The number of nitrogens with zero attached hydrogens (tertiary/aromatic N) is 1. The van der Waals surface area contributed by atoms with Gasteiger partial charge in [0.15, 0.2) is 11.5 Å². The molecule has 0 aliphatic carbocycles. The lowest BCUT2D eigenvalue weighted by atomic mass is 10.1. The van der Waals surface area contributed by atoms with Crippen LogP contribution in [0, 0.1) is 0 Å². The van der Waals surface area contributed by atoms with Crippen LogP contribution in [-0.2, 0) is 6.42 Å². The highest BCUT2D eigenvalue weighted by atomic mass is 16.5. The third-order valence-corrected chi connectivity index (χ3v) is 4.15. The number of aliphatic hydroxyl groups excluding tert-OH is 1. The normalized spacial score (nSPS) is 11.7. The van der Waals surface area contributed by atoms with E-state index in [2.05, 4.69) is 42.6 Å². The number of nitrogens with one attached hydrogen (secondary N) is 1. The molecule has 2 rings (SSSR count). The highest BCUT2D eigenvalue weighted by Crippen LogP contribution is 2.28. The third kappa shape index (κ3) is 5.29. The minimum absolute atomic E-state index is 0.152. The van der Waals surface area contributed by atoms with Crippen LogP contribution in [0.15, 0.2) is 42.5 Å². The van der Waals surface area contributed by atoms with Crippen LogP contribution in [0.2, 0.25) is 0 Å². The molecule has 0 saturated carbocycles. The Morgan fingerprint density at radius 3 is 2.32 bits per heavy atom. The zero-order valence-corrected chi connectivity index (χ0v) is 15.5. The molecule has 2 N–H and O–H groups in total. The zero-order valence-electron chi connectivity index (χ0n) is 15.5. The second kappa shape index (κ2) is 9.18. The van der Waals surface area contributed by atoms with Crippen molar-refractivity contribution in [1.29, 1.82) is 0 Å². The van der Waals surface area contributed by atoms with Gasteiger partial charge >= 0.3 is 0 Å². The maximum atomic E-state index is 9.01. The van der Waals surface area contributed by atoms with Crippen molar-refractivity contribution in [1.82, 2.24) is 0 Å². The van der Waals surface area contributed by atoms with Gasteiger partial charge in [0.1, 0.15) is 0 Å². The van der Waals surface area contributed by atoms with Crippen molar-refractivity contribution in [2.45, 2.75) is 19.4 Å². The molecule has 0 fully saturated rings. The Bertz CT molecular complexity index is 658. The highest BCUT2D eigenvalue weighted by molar-refractivity contribution is 5.55. The van der Waals surface area contributed by atoms with E-state index in [-0.39, 0.29) is 12.6 Å². The maximum absolute atomic E-state index is 9.01. The molecule has 136 valence electrons. The van der Waals surface area contributed by atoms with E-state index >= 15 is 0 Å². The van der Waals surface area contributed by atoms with Crippen molar-refractivity contribution in [2.24, 2.45) is 0 Å². The van der Waals surface area contributed by atoms with E-state index in [4.69, 9.17) is 14.6 Å². The summed E-state index contributed by atoms with van der Waals surface area (Å²) in [6.07, 6.45) is 0.881. The molecule has 0 bridgehead atoms. The lowest BCUT2D eigenvalue weighted by Crippen LogP contribution is -2.21. The van der Waals surface area contributed by atoms with Crippen LogP contribution in [0.5, 0.6) is 11.5 Å². The Balaban J connectivity index is 1.97. The standard InChI is InChI=1S/C20H28N2O3/c1-15(13-16-5-10-19(24-3)20(14-16)25-4)21-17-6-8-18(9-7-17)22(2)11-12-23/h5-10,14-15,21,23H,11-13H2,1-4H3. The number of hydrogen-bond donors (Lipinski definition) is 2. The first-order valence-corrected chi connectivity index (χ1v) is 8.47. The summed E-state index contributed by atoms with van der Waals surface area (Å²) in [5.41, 5.74) is 3.36. The van der Waals surface area contributed by atoms with Crippen LogP contribution in [-0.4, -0.2) is 45.6 Å². The fourth-order valence-corrected chi connectivity index (χ4v) is 2.79. The van der Waals surface area contributed by atoms with Gasteiger partial charge < -0.3 is 24.8 Å². The molecule has 0 aliphatic rings. The Morgan fingerprint density at radius 1 is 1.04 bits per heavy atom. The minimum Gasteiger partial charge on any atom is -0.493 e. The van der Waals surface area contributed by atoms with E-state index in [1.54, 1.807) is 14.2 Å². The summed E-state index contributed by atoms with van der Waals surface area (Å²) in [5.74, 6) is 1.50. The highest BCUT2D eigenvalue weighted by Gasteiger charge is 2.09. The summed E-state index contributed by atoms with van der Waals surface area (Å²) in [5, 5.41) is 12.5. The van der Waals surface area contributed by atoms with Crippen molar-refractivity contribution in [3.63, 3.8) is 0 Å². The van der Waals surface area contributed by atoms with Crippen LogP contribution < -0.4 is 19.7 Å². The molecule has 0 aliphatic heterocycles. The fourth-order valence-electron chi connectivity index (χ4n) is 2.79. The first-order chi connectivity index (χ1) is 12.1. The predicted molar refractivity (Wildman–Crippen MR) is 103 cm³/mol. The van der Waals surface area contributed by atoms with Crippen molar-refractivity contribution in [3.05, 3.63) is 48.0 Å². The van der Waals surface area contributed by atoms with E-state index in [0.717, 1.165) is 29.3 Å². The monoisotopic (exact) mass is 344 g/mol. The number of benzene rings is 2. The summed E-state index contributed by atoms with van der Waals surface area (Å²) in [4.78, 5) is 2.02. The summed E-state index contributed by atoms with van der Waals surface area (Å²) >= 11 is 0. The molecule has 1 unspecified atom stereocenters. The molecule has 0 amide bonds. The molecule has 0 aromatic heterocycles. The van der Waals surface area contributed by atoms with Gasteiger partial charge in [-0.15, -0.1) is 0 Å². The lowest BCUT2D eigenvalue weighted by Gasteiger charge is -2.20. The molecule has 0 saturated heterocycles. The van der Waals surface area contributed by atoms with Gasteiger partial charge in [-0.25, -0.2) is 0 Å². The number of anilines is 2. The van der Waals surface area contributed by atoms with Crippen molar-refractivity contribution in [3.8, 4) is 11.5 Å². The Morgan fingerprint density at radius 2 is 1.72 bits per heavy atom. The van der Waals surface area contributed by atoms with Crippen molar-refractivity contribution >= 4 is 11.4 Å². The smallest absolute Gasteiger partial charge is 0.160 e. The Labute approximate surface area is 150 Å². The first-order valence-electron chi connectivity index (χ1n) is 8.47. The number of aliphatic hydroxyl groups is 1. The molecule has 2 aromatic carbocycles. The molecule has 0 heterocycles. The molecule has 0 radical (unpaired) electrons. The van der Waals surface area contributed by atoms with E-state index in [1.165, 1.54) is 5.56 Å². The molecule has 5 nitrogen and oxygen atoms in total. The molecular weight excluding hydrogens is 316 g/mol. The number of ether oxygens (including phenoxy) is 2. The fraction of sp³-hybridized carbons (Fsp3) is 0.400. The van der Waals surface area contributed by atoms with E-state index in [1.807, 2.05) is 24.1 Å². The number of rotatable bonds is 9. The summed E-state index contributed by atoms with van der Waals surface area (Å²) < 4.78 is 10.6. The number of likely N-dealkylation sites (N-methyl/N-ethyl adjacent to an activating group) is 1. The summed E-state index contributed by atoms with van der Waals surface area (Å²) in [6, 6.07) is 14.5. The topological polar surface area (TPSA) is 54.0 Å². The molecule has 0 spiro atoms. The quantitative estimate of drug-likeness (QED) is 0.732. The van der Waals surface area contributed by atoms with Gasteiger partial charge in [-0.3, -0.25) is 0 Å². The van der Waals surface area contributed by atoms with Crippen molar-refractivity contribution < 1.29 is 14.6 Å². The largest absolute Gasteiger partial charge is 0.493 e. The van der Waals surface area contributed by atoms with Gasteiger partial charge in [-0.05, 0) is 55.3 Å². The minimum atomic E-state index is 0.152. The van der Waals surface area contributed by atoms with Crippen LogP contribution in [0.1, 0.15) is 12.5 Å². The van der Waals surface area contributed by atoms with Gasteiger partial charge in [-0.1, -0.05) is 6.07 Å². The van der Waals surface area contributed by atoms with E-state index in [0.29, 0.717) is 6.54 Å². The van der Waals surface area contributed by atoms with Gasteiger partial charge in [-0.2, -0.15) is 0 Å². The average molecular weight is 344 g/mol. The molecule has 2 aromatic rings. The third-order valence-electron chi connectivity index (χ3n) is 4.15. The van der Waals surface area contributed by atoms with Gasteiger partial charge in [0.2, 0.25) is 0 Å². The van der Waals surface area contributed by atoms with Gasteiger partial charge in [0.25, 0.3) is 0 Å². The van der Waals surface area contributed by atoms with Crippen LogP contribution in [0.4, 0.5) is 11.4 Å². The second-order valence-corrected chi connectivity index (χ2v) is 6.13. The van der Waals surface area contributed by atoms with E-state index in [9.17, 15) is 0 Å². The van der Waals surface area contributed by atoms with Crippen molar-refractivity contribution in [2.75, 3.05) is 44.6 Å². The van der Waals surface area contributed by atoms with Crippen LogP contribution in [0.3, 0.4) is 0 Å². The Kier molecular flexibility index (Phi) is 6.95. The maximum Gasteiger partial charge on any atom is 0.160 e. The van der Waals surface area contributed by atoms with Crippen LogP contribution in [0.25, 0.3) is 0 Å². The van der Waals surface area contributed by atoms with Gasteiger partial charge in [0, 0.05) is 31.0 Å². The molecule has 1 atom stereocenters. The van der Waals surface area contributed by atoms with E-state index < -0.39 is 0 Å². The first kappa shape index (κ1) is 18.9. The zero-order chi connectivity index (χ0) is 18.2. The molecule has 25 heavy (non-hydrogen) atoms. The average Bonchev–Trinajstić information content (AvgIpc) is 2.62. The number of methoxy groups -OCH3 is 2. The predicted octanol–water partition coefficient (Wildman–Crippen LogP) is 3.18. The second-order valence-electron chi connectivity index (χ2n) is 6.13. The van der Waals surface area contributed by atoms with Gasteiger partial charge in [0.05, 0.1) is 20.8 Å². The molecular formula is C20H28N2O3. The summed E-state index contributed by atoms with van der Waals surface area (Å²) in [7, 11) is 5.26. The lowest BCUT2D eigenvalue weighted by molar-refractivity contribution is 0.304. The number of hydrogen-bond acceptors (Lipinski definition) is 5.